The topological polar surface area (TPSA) is 41.0 Å². The fourth-order valence-corrected chi connectivity index (χ4v) is 9.42. The average Bonchev–Trinajstić information content (AvgIpc) is 3.01. The van der Waals surface area contributed by atoms with Gasteiger partial charge in [0, 0.05) is 12.0 Å². The summed E-state index contributed by atoms with van der Waals surface area (Å²) in [7, 11) is 0. The van der Waals surface area contributed by atoms with Gasteiger partial charge in [-0.25, -0.2) is 0 Å². The van der Waals surface area contributed by atoms with Gasteiger partial charge in [-0.05, 0) is 112 Å². The van der Waals surface area contributed by atoms with E-state index in [9.17, 15) is 4.79 Å². The van der Waals surface area contributed by atoms with Gasteiger partial charge < -0.3 is 4.98 Å². The molecule has 5 aliphatic rings. The van der Waals surface area contributed by atoms with Crippen molar-refractivity contribution in [1.82, 2.24) is 13.8 Å². The summed E-state index contributed by atoms with van der Waals surface area (Å²) >= 11 is 1.86. The number of H-pyrrole nitrogens is 1. The predicted octanol–water partition coefficient (Wildman–Crippen LogP) is 6.81. The van der Waals surface area contributed by atoms with Gasteiger partial charge in [-0.15, -0.1) is 0 Å². The third-order valence-electron chi connectivity index (χ3n) is 9.67. The minimum atomic E-state index is 0.0540. The number of ketones is 1. The van der Waals surface area contributed by atoms with Crippen LogP contribution in [0.5, 0.6) is 0 Å². The molecule has 0 radical (unpaired) electrons. The summed E-state index contributed by atoms with van der Waals surface area (Å²) in [5.74, 6) is 3.81. The maximum atomic E-state index is 13.6. The number of nitrogens with zero attached hydrogens (tertiary/aromatic N) is 2. The number of carbonyl (C=O) groups excluding carboxylic acids is 1. The first-order valence-corrected chi connectivity index (χ1v) is 14.6. The lowest BCUT2D eigenvalue weighted by Crippen LogP contribution is -2.53. The smallest absolute Gasteiger partial charge is 0.152 e. The van der Waals surface area contributed by atoms with Crippen molar-refractivity contribution in [2.75, 3.05) is 19.6 Å². The van der Waals surface area contributed by atoms with Gasteiger partial charge in [-0.1, -0.05) is 35.8 Å². The Hall–Kier alpha value is -2.11. The minimum absolute atomic E-state index is 0.0540. The van der Waals surface area contributed by atoms with Crippen molar-refractivity contribution in [2.24, 2.45) is 29.1 Å². The first-order valence-electron chi connectivity index (χ1n) is 13.8. The third-order valence-corrected chi connectivity index (χ3v) is 10.8. The van der Waals surface area contributed by atoms with Crippen LogP contribution in [0.4, 0.5) is 0 Å². The quantitative estimate of drug-likeness (QED) is 0.430. The standard InChI is InChI=1S/C30H37N3OS/c34-29(30-16-22-13-23(17-30)15-24(14-22)18-30)20-32-11-9-21(10-12-32)19-33-27-7-3-1-5-25(27)31-26-6-2-4-8-28(26)35-33/h1-8,21-24,31H,9-20H2. The van der Waals surface area contributed by atoms with Crippen molar-refractivity contribution in [3.05, 3.63) is 48.5 Å². The van der Waals surface area contributed by atoms with Crippen molar-refractivity contribution < 1.29 is 4.79 Å². The van der Waals surface area contributed by atoms with Crippen LogP contribution >= 0.6 is 11.5 Å². The summed E-state index contributed by atoms with van der Waals surface area (Å²) in [5.41, 5.74) is 3.69. The van der Waals surface area contributed by atoms with Crippen LogP contribution in [0.1, 0.15) is 51.4 Å². The van der Waals surface area contributed by atoms with Crippen LogP contribution in [0.15, 0.2) is 48.5 Å². The maximum Gasteiger partial charge on any atom is 0.152 e. The van der Waals surface area contributed by atoms with Crippen LogP contribution < -0.4 is 0 Å². The molecule has 184 valence electrons. The molecule has 5 fully saturated rings. The number of fused-ring (bicyclic) bond motifs is 2. The van der Waals surface area contributed by atoms with Gasteiger partial charge in [0.15, 0.2) is 5.78 Å². The number of Topliss-reactive ketones (excluding diaryl/α,β-unsaturated/α-hetero) is 1. The van der Waals surface area contributed by atoms with Crippen LogP contribution in [0.3, 0.4) is 0 Å². The third kappa shape index (κ3) is 4.15. The molecule has 3 aromatic rings. The molecule has 2 aromatic carbocycles. The summed E-state index contributed by atoms with van der Waals surface area (Å²) in [6.45, 7) is 3.89. The molecule has 1 aliphatic heterocycles. The van der Waals surface area contributed by atoms with Crippen molar-refractivity contribution in [3.63, 3.8) is 0 Å². The SMILES string of the molecule is O=C(CN1CCC(Cn2sc3ccccc3[nH]c3ccccc32)CC1)C12CC3CC(CC(C3)C1)C2. The van der Waals surface area contributed by atoms with Crippen molar-refractivity contribution in [3.8, 4) is 0 Å². The van der Waals surface area contributed by atoms with E-state index in [0.717, 1.165) is 37.4 Å². The predicted molar refractivity (Wildman–Crippen MR) is 144 cm³/mol. The number of hydrogen-bond acceptors (Lipinski definition) is 3. The van der Waals surface area contributed by atoms with Gasteiger partial charge in [0.25, 0.3) is 0 Å². The number of hydrogen-bond donors (Lipinski definition) is 1. The Kier molecular flexibility index (Phi) is 5.54. The van der Waals surface area contributed by atoms with Crippen LogP contribution in [0, 0.1) is 29.1 Å². The number of carbonyl (C=O) groups is 1. The normalized spacial score (nSPS) is 30.8. The second kappa shape index (κ2) is 8.77. The van der Waals surface area contributed by atoms with Gasteiger partial charge in [0.05, 0.1) is 27.8 Å². The van der Waals surface area contributed by atoms with Gasteiger partial charge in [0.2, 0.25) is 0 Å². The molecule has 0 unspecified atom stereocenters. The summed E-state index contributed by atoms with van der Waals surface area (Å²) in [4.78, 5) is 19.7. The van der Waals surface area contributed by atoms with Crippen LogP contribution in [-0.2, 0) is 11.3 Å². The van der Waals surface area contributed by atoms with Gasteiger partial charge in [0.1, 0.15) is 0 Å². The highest BCUT2D eigenvalue weighted by Crippen LogP contribution is 2.60. The highest BCUT2D eigenvalue weighted by molar-refractivity contribution is 7.13. The lowest BCUT2D eigenvalue weighted by atomic mass is 9.48. The number of likely N-dealkylation sites (tertiary alicyclic amines) is 1. The summed E-state index contributed by atoms with van der Waals surface area (Å²) in [5, 5.41) is 0. The molecule has 0 spiro atoms. The van der Waals surface area contributed by atoms with E-state index in [2.05, 4.69) is 62.4 Å². The Morgan fingerprint density at radius 1 is 0.886 bits per heavy atom. The first-order chi connectivity index (χ1) is 17.1. The largest absolute Gasteiger partial charge is 0.353 e. The molecule has 35 heavy (non-hydrogen) atoms. The molecular weight excluding hydrogens is 450 g/mol. The Labute approximate surface area is 212 Å². The highest BCUT2D eigenvalue weighted by Gasteiger charge is 2.54. The van der Waals surface area contributed by atoms with Crippen LogP contribution in [0.25, 0.3) is 21.3 Å². The van der Waals surface area contributed by atoms with E-state index in [1.54, 1.807) is 0 Å². The van der Waals surface area contributed by atoms with Crippen molar-refractivity contribution in [2.45, 2.75) is 57.9 Å². The van der Waals surface area contributed by atoms with E-state index in [0.29, 0.717) is 18.2 Å². The summed E-state index contributed by atoms with van der Waals surface area (Å²) in [6.07, 6.45) is 10.2. The molecule has 1 N–H and O–H groups in total. The number of piperidine rings is 1. The van der Waals surface area contributed by atoms with E-state index >= 15 is 0 Å². The Morgan fingerprint density at radius 2 is 1.51 bits per heavy atom. The summed E-state index contributed by atoms with van der Waals surface area (Å²) in [6, 6.07) is 17.3. The number of rotatable bonds is 5. The fourth-order valence-electron chi connectivity index (χ4n) is 8.28. The van der Waals surface area contributed by atoms with E-state index in [-0.39, 0.29) is 5.41 Å². The molecule has 1 aromatic heterocycles. The van der Waals surface area contributed by atoms with Gasteiger partial charge >= 0.3 is 0 Å². The maximum absolute atomic E-state index is 13.6. The number of nitrogens with one attached hydrogen (secondary N) is 1. The fraction of sp³-hybridized carbons (Fsp3) is 0.567. The second-order valence-corrected chi connectivity index (χ2v) is 13.2. The van der Waals surface area contributed by atoms with Crippen molar-refractivity contribution in [1.29, 1.82) is 0 Å². The number of aromatic amines is 1. The zero-order chi connectivity index (χ0) is 23.4. The molecule has 4 bridgehead atoms. The van der Waals surface area contributed by atoms with Gasteiger partial charge in [-0.3, -0.25) is 13.7 Å². The molecular formula is C30H37N3OS. The molecule has 0 amide bonds. The lowest BCUT2D eigenvalue weighted by molar-refractivity contribution is -0.145. The summed E-state index contributed by atoms with van der Waals surface area (Å²) < 4.78 is 3.78. The Balaban J connectivity index is 1.04. The molecule has 1 saturated heterocycles. The molecule has 2 heterocycles. The average molecular weight is 488 g/mol. The minimum Gasteiger partial charge on any atom is -0.353 e. The molecule has 8 rings (SSSR count). The number of para-hydroxylation sites is 3. The van der Waals surface area contributed by atoms with E-state index in [4.69, 9.17) is 0 Å². The number of aromatic nitrogens is 2. The zero-order valence-electron chi connectivity index (χ0n) is 20.6. The van der Waals surface area contributed by atoms with E-state index < -0.39 is 0 Å². The number of benzene rings is 2. The molecule has 4 nitrogen and oxygen atoms in total. The van der Waals surface area contributed by atoms with Gasteiger partial charge in [-0.2, -0.15) is 0 Å². The van der Waals surface area contributed by atoms with E-state index in [1.165, 1.54) is 72.6 Å². The molecule has 4 saturated carbocycles. The second-order valence-electron chi connectivity index (χ2n) is 12.1. The van der Waals surface area contributed by atoms with E-state index in [1.807, 2.05) is 11.5 Å². The molecule has 0 atom stereocenters. The lowest BCUT2D eigenvalue weighted by Gasteiger charge is -2.56. The Morgan fingerprint density at radius 3 is 2.23 bits per heavy atom. The monoisotopic (exact) mass is 487 g/mol. The molecule has 4 aliphatic carbocycles. The van der Waals surface area contributed by atoms with Crippen molar-refractivity contribution >= 4 is 38.6 Å². The molecule has 5 heteroatoms. The van der Waals surface area contributed by atoms with Crippen LogP contribution in [0.2, 0.25) is 0 Å². The first kappa shape index (κ1) is 22.1. The Bertz CT molecular complexity index is 1250. The zero-order valence-corrected chi connectivity index (χ0v) is 21.4. The highest BCUT2D eigenvalue weighted by atomic mass is 32.1. The van der Waals surface area contributed by atoms with Crippen LogP contribution in [-0.4, -0.2) is 39.3 Å².